The van der Waals surface area contributed by atoms with E-state index in [0.29, 0.717) is 5.15 Å². The lowest BCUT2D eigenvalue weighted by Crippen LogP contribution is -1.83. The maximum Gasteiger partial charge on any atom is 0.187 e. The summed E-state index contributed by atoms with van der Waals surface area (Å²) in [7, 11) is 0. The van der Waals surface area contributed by atoms with E-state index >= 15 is 0 Å². The average Bonchev–Trinajstić information content (AvgIpc) is 2.43. The van der Waals surface area contributed by atoms with Crippen LogP contribution in [0.15, 0.2) is 17.4 Å². The Morgan fingerprint density at radius 1 is 1.58 bits per heavy atom. The molecule has 0 fully saturated rings. The van der Waals surface area contributed by atoms with Crippen LogP contribution in [0.2, 0.25) is 5.15 Å². The quantitative estimate of drug-likeness (QED) is 0.566. The molecule has 0 amide bonds. The fraction of sp³-hybridized carbons (Fsp3) is 0.143. The second kappa shape index (κ2) is 2.95. The molecule has 0 spiro atoms. The second-order valence-electron chi connectivity index (χ2n) is 2.27. The number of nitrogens with zero attached hydrogens (tertiary/aromatic N) is 2. The van der Waals surface area contributed by atoms with Gasteiger partial charge in [-0.3, -0.25) is 0 Å². The molecular weight excluding hydrogens is 194 g/mol. The highest BCUT2D eigenvalue weighted by Crippen LogP contribution is 2.18. The van der Waals surface area contributed by atoms with E-state index in [2.05, 4.69) is 15.0 Å². The third-order valence-corrected chi connectivity index (χ3v) is 2.26. The van der Waals surface area contributed by atoms with E-state index in [1.165, 1.54) is 11.8 Å². The number of hydrogen-bond acceptors (Lipinski definition) is 3. The Bertz CT molecular complexity index is 412. The van der Waals surface area contributed by atoms with Crippen LogP contribution in [0.4, 0.5) is 0 Å². The fourth-order valence-corrected chi connectivity index (χ4v) is 1.52. The Morgan fingerprint density at radius 2 is 2.42 bits per heavy atom. The molecule has 2 heterocycles. The molecule has 0 aliphatic heterocycles. The largest absolute Gasteiger partial charge is 0.343 e. The molecule has 0 bridgehead atoms. The van der Waals surface area contributed by atoms with E-state index in [9.17, 15) is 0 Å². The molecule has 2 aromatic rings. The van der Waals surface area contributed by atoms with E-state index in [1.54, 1.807) is 12.3 Å². The molecule has 62 valence electrons. The molecule has 5 heteroatoms. The van der Waals surface area contributed by atoms with Crippen molar-refractivity contribution in [2.45, 2.75) is 5.16 Å². The Labute approximate surface area is 78.6 Å². The van der Waals surface area contributed by atoms with E-state index < -0.39 is 0 Å². The van der Waals surface area contributed by atoms with Gasteiger partial charge in [-0.05, 0) is 6.26 Å². The molecule has 3 nitrogen and oxygen atoms in total. The lowest BCUT2D eigenvalue weighted by Gasteiger charge is -1.92. The van der Waals surface area contributed by atoms with Gasteiger partial charge in [0.2, 0.25) is 0 Å². The SMILES string of the molecule is CSc1ncc2[nH]c(Cl)cc2n1. The second-order valence-corrected chi connectivity index (χ2v) is 3.45. The van der Waals surface area contributed by atoms with Gasteiger partial charge in [-0.15, -0.1) is 0 Å². The molecular formula is C7H6ClN3S. The maximum atomic E-state index is 5.75. The van der Waals surface area contributed by atoms with Crippen molar-refractivity contribution in [1.82, 2.24) is 15.0 Å². The van der Waals surface area contributed by atoms with E-state index in [1.807, 2.05) is 6.26 Å². The molecule has 0 aromatic carbocycles. The van der Waals surface area contributed by atoms with Gasteiger partial charge in [0.25, 0.3) is 0 Å². The standard InChI is InChI=1S/C7H6ClN3S/c1-12-7-9-3-5-4(11-7)2-6(8)10-5/h2-3,10H,1H3. The summed E-state index contributed by atoms with van der Waals surface area (Å²) in [5.41, 5.74) is 1.73. The number of thioether (sulfide) groups is 1. The van der Waals surface area contributed by atoms with Crippen LogP contribution in [-0.2, 0) is 0 Å². The number of aromatic amines is 1. The number of hydrogen-bond donors (Lipinski definition) is 1. The van der Waals surface area contributed by atoms with Crippen LogP contribution in [0.25, 0.3) is 11.0 Å². The van der Waals surface area contributed by atoms with Gasteiger partial charge in [0.15, 0.2) is 5.16 Å². The molecule has 0 atom stereocenters. The molecule has 0 aliphatic carbocycles. The summed E-state index contributed by atoms with van der Waals surface area (Å²) in [6.07, 6.45) is 3.68. The summed E-state index contributed by atoms with van der Waals surface area (Å²) in [4.78, 5) is 11.3. The number of H-pyrrole nitrogens is 1. The highest BCUT2D eigenvalue weighted by atomic mass is 35.5. The number of rotatable bonds is 1. The van der Waals surface area contributed by atoms with Crippen LogP contribution in [0, 0.1) is 0 Å². The normalized spacial score (nSPS) is 10.8. The monoisotopic (exact) mass is 199 g/mol. The predicted molar refractivity (Wildman–Crippen MR) is 50.7 cm³/mol. The van der Waals surface area contributed by atoms with Crippen molar-refractivity contribution in [1.29, 1.82) is 0 Å². The zero-order valence-corrected chi connectivity index (χ0v) is 7.91. The minimum Gasteiger partial charge on any atom is -0.343 e. The Kier molecular flexibility index (Phi) is 1.94. The third-order valence-electron chi connectivity index (χ3n) is 1.50. The van der Waals surface area contributed by atoms with Crippen LogP contribution in [0.5, 0.6) is 0 Å². The molecule has 0 saturated heterocycles. The lowest BCUT2D eigenvalue weighted by molar-refractivity contribution is 1.01. The third kappa shape index (κ3) is 1.28. The van der Waals surface area contributed by atoms with E-state index in [4.69, 9.17) is 11.6 Å². The maximum absolute atomic E-state index is 5.75. The summed E-state index contributed by atoms with van der Waals surface area (Å²) >= 11 is 7.26. The van der Waals surface area contributed by atoms with Gasteiger partial charge in [0.1, 0.15) is 5.15 Å². The smallest absolute Gasteiger partial charge is 0.187 e. The molecule has 0 radical (unpaired) electrons. The Balaban J connectivity index is 2.66. The molecule has 0 unspecified atom stereocenters. The summed E-state index contributed by atoms with van der Waals surface area (Å²) in [5, 5.41) is 1.36. The average molecular weight is 200 g/mol. The minimum atomic E-state index is 0.595. The van der Waals surface area contributed by atoms with Gasteiger partial charge in [-0.1, -0.05) is 23.4 Å². The van der Waals surface area contributed by atoms with Crippen molar-refractivity contribution in [3.05, 3.63) is 17.4 Å². The van der Waals surface area contributed by atoms with E-state index in [-0.39, 0.29) is 0 Å². The first-order valence-electron chi connectivity index (χ1n) is 3.35. The lowest BCUT2D eigenvalue weighted by atomic mass is 10.5. The zero-order valence-electron chi connectivity index (χ0n) is 6.34. The Hall–Kier alpha value is -0.740. The van der Waals surface area contributed by atoms with Gasteiger partial charge in [0.05, 0.1) is 17.2 Å². The van der Waals surface area contributed by atoms with Crippen LogP contribution < -0.4 is 0 Å². The van der Waals surface area contributed by atoms with Gasteiger partial charge in [-0.25, -0.2) is 9.97 Å². The molecule has 2 rings (SSSR count). The molecule has 2 aromatic heterocycles. The summed E-state index contributed by atoms with van der Waals surface area (Å²) < 4.78 is 0. The highest BCUT2D eigenvalue weighted by Gasteiger charge is 2.01. The van der Waals surface area contributed by atoms with Gasteiger partial charge >= 0.3 is 0 Å². The topological polar surface area (TPSA) is 41.6 Å². The first kappa shape index (κ1) is 7.89. The fourth-order valence-electron chi connectivity index (χ4n) is 0.967. The molecule has 0 saturated carbocycles. The van der Waals surface area contributed by atoms with Gasteiger partial charge in [0, 0.05) is 6.07 Å². The zero-order chi connectivity index (χ0) is 8.55. The Morgan fingerprint density at radius 3 is 3.17 bits per heavy atom. The number of fused-ring (bicyclic) bond motifs is 1. The first-order chi connectivity index (χ1) is 5.79. The van der Waals surface area contributed by atoms with Crippen molar-refractivity contribution in [2.75, 3.05) is 6.26 Å². The van der Waals surface area contributed by atoms with Crippen LogP contribution >= 0.6 is 23.4 Å². The van der Waals surface area contributed by atoms with Crippen LogP contribution in [0.3, 0.4) is 0 Å². The van der Waals surface area contributed by atoms with Crippen molar-refractivity contribution in [2.24, 2.45) is 0 Å². The first-order valence-corrected chi connectivity index (χ1v) is 4.95. The number of halogens is 1. The molecule has 0 aliphatic rings. The molecule has 1 N–H and O–H groups in total. The van der Waals surface area contributed by atoms with E-state index in [0.717, 1.165) is 16.2 Å². The van der Waals surface area contributed by atoms with Crippen LogP contribution in [-0.4, -0.2) is 21.2 Å². The van der Waals surface area contributed by atoms with Gasteiger partial charge in [-0.2, -0.15) is 0 Å². The van der Waals surface area contributed by atoms with Gasteiger partial charge < -0.3 is 4.98 Å². The number of nitrogens with one attached hydrogen (secondary N) is 1. The summed E-state index contributed by atoms with van der Waals surface area (Å²) in [5.74, 6) is 0. The van der Waals surface area contributed by atoms with Crippen molar-refractivity contribution < 1.29 is 0 Å². The van der Waals surface area contributed by atoms with Crippen LogP contribution in [0.1, 0.15) is 0 Å². The van der Waals surface area contributed by atoms with Crippen molar-refractivity contribution in [3.8, 4) is 0 Å². The predicted octanol–water partition coefficient (Wildman–Crippen LogP) is 2.33. The number of aromatic nitrogens is 3. The highest BCUT2D eigenvalue weighted by molar-refractivity contribution is 7.98. The minimum absolute atomic E-state index is 0.595. The summed E-state index contributed by atoms with van der Waals surface area (Å²) in [6, 6.07) is 1.79. The molecule has 12 heavy (non-hydrogen) atoms. The summed E-state index contributed by atoms with van der Waals surface area (Å²) in [6.45, 7) is 0. The van der Waals surface area contributed by atoms with Crippen molar-refractivity contribution >= 4 is 34.4 Å². The van der Waals surface area contributed by atoms with Crippen molar-refractivity contribution in [3.63, 3.8) is 0 Å².